The first-order chi connectivity index (χ1) is 7.57. The van der Waals surface area contributed by atoms with Gasteiger partial charge < -0.3 is 5.11 Å². The smallest absolute Gasteiger partial charge is 0.310 e. The van der Waals surface area contributed by atoms with Crippen LogP contribution >= 0.6 is 11.6 Å². The van der Waals surface area contributed by atoms with Gasteiger partial charge in [0.2, 0.25) is 5.15 Å². The normalized spacial score (nSPS) is 9.44. The van der Waals surface area contributed by atoms with Crippen molar-refractivity contribution in [1.82, 2.24) is 4.98 Å². The van der Waals surface area contributed by atoms with Gasteiger partial charge in [0.05, 0.1) is 17.1 Å². The van der Waals surface area contributed by atoms with Crippen molar-refractivity contribution >= 4 is 17.3 Å². The van der Waals surface area contributed by atoms with Gasteiger partial charge in [-0.05, 0) is 6.92 Å². The van der Waals surface area contributed by atoms with E-state index in [-0.39, 0.29) is 17.4 Å². The van der Waals surface area contributed by atoms with Crippen LogP contribution in [0.25, 0.3) is 0 Å². The Kier molecular flexibility index (Phi) is 4.23. The van der Waals surface area contributed by atoms with Crippen LogP contribution in [0.4, 0.5) is 5.69 Å². The highest BCUT2D eigenvalue weighted by Gasteiger charge is 2.19. The second-order valence-electron chi connectivity index (χ2n) is 2.97. The molecule has 0 aromatic carbocycles. The lowest BCUT2D eigenvalue weighted by molar-refractivity contribution is -0.385. The molecule has 0 aliphatic carbocycles. The molecule has 0 bridgehead atoms. The number of aromatic nitrogens is 1. The molecule has 1 rings (SSSR count). The molecule has 0 fully saturated rings. The molecule has 6 heteroatoms. The van der Waals surface area contributed by atoms with E-state index in [0.717, 1.165) is 0 Å². The lowest BCUT2D eigenvalue weighted by Gasteiger charge is -2.00. The van der Waals surface area contributed by atoms with Crippen LogP contribution < -0.4 is 0 Å². The average Bonchev–Trinajstić information content (AvgIpc) is 2.21. The summed E-state index contributed by atoms with van der Waals surface area (Å²) in [4.78, 5) is 13.8. The van der Waals surface area contributed by atoms with E-state index in [0.29, 0.717) is 17.5 Å². The predicted molar refractivity (Wildman–Crippen MR) is 59.2 cm³/mol. The molecule has 0 spiro atoms. The van der Waals surface area contributed by atoms with Crippen molar-refractivity contribution in [3.63, 3.8) is 0 Å². The van der Waals surface area contributed by atoms with E-state index in [2.05, 4.69) is 16.8 Å². The van der Waals surface area contributed by atoms with Crippen molar-refractivity contribution in [2.75, 3.05) is 6.61 Å². The van der Waals surface area contributed by atoms with Crippen LogP contribution in [-0.4, -0.2) is 21.6 Å². The molecule has 0 unspecified atom stereocenters. The molecule has 0 radical (unpaired) electrons. The Morgan fingerprint density at radius 1 is 1.69 bits per heavy atom. The summed E-state index contributed by atoms with van der Waals surface area (Å²) >= 11 is 5.62. The van der Waals surface area contributed by atoms with E-state index in [1.54, 1.807) is 6.92 Å². The number of nitro groups is 1. The minimum absolute atomic E-state index is 0.0465. The van der Waals surface area contributed by atoms with Gasteiger partial charge in [0.15, 0.2) is 0 Å². The lowest BCUT2D eigenvalue weighted by Crippen LogP contribution is -1.97. The van der Waals surface area contributed by atoms with Gasteiger partial charge in [0.25, 0.3) is 0 Å². The van der Waals surface area contributed by atoms with Crippen LogP contribution in [0.15, 0.2) is 6.20 Å². The topological polar surface area (TPSA) is 76.3 Å². The summed E-state index contributed by atoms with van der Waals surface area (Å²) in [6, 6.07) is 0. The largest absolute Gasteiger partial charge is 0.395 e. The minimum Gasteiger partial charge on any atom is -0.395 e. The maximum absolute atomic E-state index is 10.7. The lowest BCUT2D eigenvalue weighted by atomic mass is 10.1. The minimum atomic E-state index is -0.581. The summed E-state index contributed by atoms with van der Waals surface area (Å²) in [6.45, 7) is 1.52. The van der Waals surface area contributed by atoms with Gasteiger partial charge in [-0.3, -0.25) is 10.1 Å². The summed E-state index contributed by atoms with van der Waals surface area (Å²) in [5, 5.41) is 19.1. The van der Waals surface area contributed by atoms with Crippen molar-refractivity contribution < 1.29 is 10.0 Å². The average molecular weight is 241 g/mol. The van der Waals surface area contributed by atoms with Gasteiger partial charge in [0.1, 0.15) is 0 Å². The number of hydrogen-bond acceptors (Lipinski definition) is 4. The van der Waals surface area contributed by atoms with Crippen LogP contribution in [-0.2, 0) is 0 Å². The van der Waals surface area contributed by atoms with Gasteiger partial charge >= 0.3 is 5.69 Å². The first-order valence-corrected chi connectivity index (χ1v) is 4.85. The zero-order valence-electron chi connectivity index (χ0n) is 8.53. The molecular weight excluding hydrogens is 232 g/mol. The molecule has 0 atom stereocenters. The molecule has 0 saturated carbocycles. The molecule has 0 amide bonds. The van der Waals surface area contributed by atoms with Gasteiger partial charge in [-0.1, -0.05) is 23.4 Å². The molecule has 84 valence electrons. The molecule has 1 aromatic heterocycles. The number of pyridine rings is 1. The van der Waals surface area contributed by atoms with Gasteiger partial charge in [-0.2, -0.15) is 0 Å². The van der Waals surface area contributed by atoms with Crippen molar-refractivity contribution in [3.05, 3.63) is 32.6 Å². The van der Waals surface area contributed by atoms with E-state index in [1.165, 1.54) is 6.20 Å². The van der Waals surface area contributed by atoms with Crippen molar-refractivity contribution in [2.24, 2.45) is 0 Å². The van der Waals surface area contributed by atoms with Gasteiger partial charge in [0, 0.05) is 18.2 Å². The SMILES string of the molecule is Cc1c(C#CCCO)cnc(Cl)c1[N+](=O)[O-]. The summed E-state index contributed by atoms with van der Waals surface area (Å²) in [6.07, 6.45) is 1.70. The molecule has 0 aliphatic heterocycles. The molecule has 16 heavy (non-hydrogen) atoms. The number of aliphatic hydroxyl groups excluding tert-OH is 1. The predicted octanol–water partition coefficient (Wildman–Crippen LogP) is 1.69. The fourth-order valence-corrected chi connectivity index (χ4v) is 1.37. The van der Waals surface area contributed by atoms with Crippen molar-refractivity contribution in [2.45, 2.75) is 13.3 Å². The van der Waals surface area contributed by atoms with Crippen LogP contribution in [0.3, 0.4) is 0 Å². The third-order valence-electron chi connectivity index (χ3n) is 1.90. The Hall–Kier alpha value is -1.64. The van der Waals surface area contributed by atoms with E-state index in [9.17, 15) is 10.1 Å². The van der Waals surface area contributed by atoms with Crippen LogP contribution in [0.2, 0.25) is 5.15 Å². The summed E-state index contributed by atoms with van der Waals surface area (Å²) in [5.74, 6) is 5.37. The first kappa shape index (κ1) is 12.4. The first-order valence-electron chi connectivity index (χ1n) is 4.47. The Labute approximate surface area is 97.2 Å². The Morgan fingerprint density at radius 3 is 2.94 bits per heavy atom. The molecule has 5 nitrogen and oxygen atoms in total. The second-order valence-corrected chi connectivity index (χ2v) is 3.33. The zero-order valence-corrected chi connectivity index (χ0v) is 9.28. The third kappa shape index (κ3) is 2.69. The quantitative estimate of drug-likeness (QED) is 0.369. The number of hydrogen-bond donors (Lipinski definition) is 1. The highest BCUT2D eigenvalue weighted by Crippen LogP contribution is 2.27. The maximum Gasteiger partial charge on any atom is 0.310 e. The second kappa shape index (κ2) is 5.45. The molecule has 1 heterocycles. The molecule has 1 aromatic rings. The third-order valence-corrected chi connectivity index (χ3v) is 2.18. The van der Waals surface area contributed by atoms with E-state index in [4.69, 9.17) is 16.7 Å². The van der Waals surface area contributed by atoms with E-state index in [1.807, 2.05) is 0 Å². The Morgan fingerprint density at radius 2 is 2.38 bits per heavy atom. The fourth-order valence-electron chi connectivity index (χ4n) is 1.11. The number of rotatable bonds is 2. The van der Waals surface area contributed by atoms with Gasteiger partial charge in [-0.25, -0.2) is 4.98 Å². The maximum atomic E-state index is 10.7. The van der Waals surface area contributed by atoms with Crippen LogP contribution in [0.5, 0.6) is 0 Å². The van der Waals surface area contributed by atoms with Crippen molar-refractivity contribution in [1.29, 1.82) is 0 Å². The van der Waals surface area contributed by atoms with Crippen LogP contribution in [0, 0.1) is 28.9 Å². The number of aliphatic hydroxyl groups is 1. The molecular formula is C10H9ClN2O3. The highest BCUT2D eigenvalue weighted by atomic mass is 35.5. The standard InChI is InChI=1S/C10H9ClN2O3/c1-7-8(4-2-3-5-14)6-12-10(11)9(7)13(15)16/h6,14H,3,5H2,1H3. The van der Waals surface area contributed by atoms with Crippen molar-refractivity contribution in [3.8, 4) is 11.8 Å². The fraction of sp³-hybridized carbons (Fsp3) is 0.300. The monoisotopic (exact) mass is 240 g/mol. The molecule has 0 saturated heterocycles. The van der Waals surface area contributed by atoms with E-state index >= 15 is 0 Å². The summed E-state index contributed by atoms with van der Waals surface area (Å²) in [5.41, 5.74) is 0.609. The number of halogens is 1. The summed E-state index contributed by atoms with van der Waals surface area (Å²) in [7, 11) is 0. The number of nitrogens with zero attached hydrogens (tertiary/aromatic N) is 2. The molecule has 0 aliphatic rings. The Balaban J connectivity index is 3.20. The van der Waals surface area contributed by atoms with E-state index < -0.39 is 4.92 Å². The zero-order chi connectivity index (χ0) is 12.1. The molecule has 1 N–H and O–H groups in total. The highest BCUT2D eigenvalue weighted by molar-refractivity contribution is 6.31. The summed E-state index contributed by atoms with van der Waals surface area (Å²) < 4.78 is 0. The van der Waals surface area contributed by atoms with Crippen LogP contribution in [0.1, 0.15) is 17.5 Å². The van der Waals surface area contributed by atoms with Gasteiger partial charge in [-0.15, -0.1) is 0 Å². The Bertz CT molecular complexity index is 477.